The van der Waals surface area contributed by atoms with Crippen LogP contribution in [-0.4, -0.2) is 33.2 Å². The van der Waals surface area contributed by atoms with Crippen LogP contribution in [0.4, 0.5) is 5.13 Å². The van der Waals surface area contributed by atoms with E-state index in [1.807, 2.05) is 50.2 Å². The summed E-state index contributed by atoms with van der Waals surface area (Å²) in [6.45, 7) is 4.58. The molecule has 27 heavy (non-hydrogen) atoms. The van der Waals surface area contributed by atoms with E-state index in [1.54, 1.807) is 0 Å². The minimum Gasteiger partial charge on any atom is -0.494 e. The summed E-state index contributed by atoms with van der Waals surface area (Å²) in [5.41, 5.74) is 3.79. The summed E-state index contributed by atoms with van der Waals surface area (Å²) < 4.78 is 6.57. The van der Waals surface area contributed by atoms with Gasteiger partial charge in [-0.15, -0.1) is 0 Å². The fourth-order valence-corrected chi connectivity index (χ4v) is 4.36. The van der Waals surface area contributed by atoms with E-state index in [9.17, 15) is 4.79 Å². The molecule has 2 aromatic carbocycles. The Balaban J connectivity index is 1.41. The summed E-state index contributed by atoms with van der Waals surface area (Å²) in [5.74, 6) is 0.953. The number of carbonyl (C=O) groups is 1. The Morgan fingerprint density at radius 1 is 1.30 bits per heavy atom. The standard InChI is InChI=1S/C19H18N4O2S2/c1-3-25-12-7-8-13-14(9-12)21-18(20-13)26-10-16(24)22-19-23-17-11(2)5-4-6-15(17)27-19/h4-9H,3,10H2,1-2H3,(H,20,21)(H,22,23,24). The lowest BCUT2D eigenvalue weighted by Gasteiger charge is -2.00. The number of thioether (sulfide) groups is 1. The first-order chi connectivity index (χ1) is 13.1. The zero-order chi connectivity index (χ0) is 18.8. The van der Waals surface area contributed by atoms with Crippen molar-refractivity contribution < 1.29 is 9.53 Å². The van der Waals surface area contributed by atoms with Crippen LogP contribution in [0, 0.1) is 6.92 Å². The van der Waals surface area contributed by atoms with E-state index < -0.39 is 0 Å². The molecule has 0 atom stereocenters. The van der Waals surface area contributed by atoms with E-state index in [0.29, 0.717) is 16.9 Å². The van der Waals surface area contributed by atoms with Gasteiger partial charge in [-0.2, -0.15) is 0 Å². The number of hydrogen-bond donors (Lipinski definition) is 2. The van der Waals surface area contributed by atoms with E-state index in [1.165, 1.54) is 23.1 Å². The minimum atomic E-state index is -0.104. The lowest BCUT2D eigenvalue weighted by Crippen LogP contribution is -2.13. The van der Waals surface area contributed by atoms with Gasteiger partial charge in [0.1, 0.15) is 5.75 Å². The molecule has 8 heteroatoms. The molecule has 0 aliphatic carbocycles. The Labute approximate surface area is 164 Å². The average Bonchev–Trinajstić information content (AvgIpc) is 3.24. The molecule has 0 saturated heterocycles. The van der Waals surface area contributed by atoms with Crippen LogP contribution in [0.5, 0.6) is 5.75 Å². The first-order valence-corrected chi connectivity index (χ1v) is 10.3. The van der Waals surface area contributed by atoms with Crippen LogP contribution in [0.2, 0.25) is 0 Å². The fourth-order valence-electron chi connectivity index (χ4n) is 2.72. The zero-order valence-electron chi connectivity index (χ0n) is 14.9. The highest BCUT2D eigenvalue weighted by Gasteiger charge is 2.11. The maximum atomic E-state index is 12.3. The van der Waals surface area contributed by atoms with Gasteiger partial charge in [-0.05, 0) is 37.6 Å². The van der Waals surface area contributed by atoms with Crippen LogP contribution < -0.4 is 10.1 Å². The number of benzene rings is 2. The number of ether oxygens (including phenoxy) is 1. The maximum Gasteiger partial charge on any atom is 0.236 e. The van der Waals surface area contributed by atoms with Crippen molar-refractivity contribution in [3.05, 3.63) is 42.0 Å². The molecular weight excluding hydrogens is 380 g/mol. The summed E-state index contributed by atoms with van der Waals surface area (Å²) in [6.07, 6.45) is 0. The molecule has 0 spiro atoms. The number of nitrogens with one attached hydrogen (secondary N) is 2. The van der Waals surface area contributed by atoms with Gasteiger partial charge in [0, 0.05) is 6.07 Å². The van der Waals surface area contributed by atoms with Crippen LogP contribution in [0.1, 0.15) is 12.5 Å². The van der Waals surface area contributed by atoms with Gasteiger partial charge in [-0.25, -0.2) is 9.97 Å². The number of hydrogen-bond acceptors (Lipinski definition) is 6. The van der Waals surface area contributed by atoms with Crippen molar-refractivity contribution >= 4 is 55.4 Å². The number of H-pyrrole nitrogens is 1. The molecule has 2 heterocycles. The van der Waals surface area contributed by atoms with Crippen LogP contribution in [0.25, 0.3) is 21.3 Å². The number of para-hydroxylation sites is 1. The Morgan fingerprint density at radius 3 is 3.00 bits per heavy atom. The second-order valence-corrected chi connectivity index (χ2v) is 7.93. The van der Waals surface area contributed by atoms with Gasteiger partial charge in [0.25, 0.3) is 0 Å². The molecule has 2 aromatic heterocycles. The third-order valence-electron chi connectivity index (χ3n) is 3.95. The van der Waals surface area contributed by atoms with Crippen LogP contribution in [0.3, 0.4) is 0 Å². The number of imidazole rings is 1. The molecule has 0 aliphatic heterocycles. The summed E-state index contributed by atoms with van der Waals surface area (Å²) in [5, 5.41) is 4.20. The van der Waals surface area contributed by atoms with Gasteiger partial charge >= 0.3 is 0 Å². The molecule has 6 nitrogen and oxygen atoms in total. The monoisotopic (exact) mass is 398 g/mol. The molecule has 0 aliphatic rings. The number of fused-ring (bicyclic) bond motifs is 2. The zero-order valence-corrected chi connectivity index (χ0v) is 16.5. The van der Waals surface area contributed by atoms with Crippen molar-refractivity contribution in [2.75, 3.05) is 17.7 Å². The number of aryl methyl sites for hydroxylation is 1. The molecule has 0 radical (unpaired) electrons. The van der Waals surface area contributed by atoms with E-state index in [0.717, 1.165) is 32.6 Å². The van der Waals surface area contributed by atoms with Gasteiger partial charge in [0.05, 0.1) is 33.6 Å². The smallest absolute Gasteiger partial charge is 0.236 e. The van der Waals surface area contributed by atoms with Crippen LogP contribution in [0.15, 0.2) is 41.6 Å². The quantitative estimate of drug-likeness (QED) is 0.464. The molecule has 0 bridgehead atoms. The van der Waals surface area contributed by atoms with Crippen molar-refractivity contribution in [1.82, 2.24) is 15.0 Å². The lowest BCUT2D eigenvalue weighted by atomic mass is 10.2. The van der Waals surface area contributed by atoms with Crippen molar-refractivity contribution in [3.8, 4) is 5.75 Å². The second kappa shape index (κ2) is 7.58. The Bertz CT molecular complexity index is 1120. The predicted molar refractivity (Wildman–Crippen MR) is 111 cm³/mol. The van der Waals surface area contributed by atoms with E-state index >= 15 is 0 Å². The third-order valence-corrected chi connectivity index (χ3v) is 5.76. The highest BCUT2D eigenvalue weighted by atomic mass is 32.2. The summed E-state index contributed by atoms with van der Waals surface area (Å²) in [6, 6.07) is 11.7. The molecule has 0 unspecified atom stereocenters. The number of thiazole rings is 1. The summed E-state index contributed by atoms with van der Waals surface area (Å²) >= 11 is 2.84. The molecule has 138 valence electrons. The van der Waals surface area contributed by atoms with Gasteiger partial charge < -0.3 is 15.0 Å². The van der Waals surface area contributed by atoms with Gasteiger partial charge in [-0.1, -0.05) is 35.2 Å². The van der Waals surface area contributed by atoms with Crippen molar-refractivity contribution in [2.45, 2.75) is 19.0 Å². The molecule has 0 fully saturated rings. The number of aromatic amines is 1. The number of anilines is 1. The number of rotatable bonds is 6. The average molecular weight is 399 g/mol. The molecule has 1 amide bonds. The number of amides is 1. The highest BCUT2D eigenvalue weighted by Crippen LogP contribution is 2.28. The lowest BCUT2D eigenvalue weighted by molar-refractivity contribution is -0.113. The normalized spacial score (nSPS) is 11.2. The van der Waals surface area contributed by atoms with E-state index in [-0.39, 0.29) is 11.7 Å². The molecule has 2 N–H and O–H groups in total. The Morgan fingerprint density at radius 2 is 2.19 bits per heavy atom. The molecular formula is C19H18N4O2S2. The molecule has 4 rings (SSSR count). The predicted octanol–water partition coefficient (Wildman–Crippen LogP) is 4.61. The number of aromatic nitrogens is 3. The van der Waals surface area contributed by atoms with Crippen LogP contribution in [-0.2, 0) is 4.79 Å². The minimum absolute atomic E-state index is 0.104. The van der Waals surface area contributed by atoms with E-state index in [2.05, 4.69) is 20.3 Å². The maximum absolute atomic E-state index is 12.3. The SMILES string of the molecule is CCOc1ccc2nc(SCC(=O)Nc3nc4c(C)cccc4s3)[nH]c2c1. The Kier molecular flexibility index (Phi) is 5.00. The fraction of sp³-hybridized carbons (Fsp3) is 0.211. The topological polar surface area (TPSA) is 79.9 Å². The van der Waals surface area contributed by atoms with Gasteiger partial charge in [0.2, 0.25) is 5.91 Å². The van der Waals surface area contributed by atoms with E-state index in [4.69, 9.17) is 4.74 Å². The molecule has 0 saturated carbocycles. The summed E-state index contributed by atoms with van der Waals surface area (Å²) in [4.78, 5) is 24.5. The number of carbonyl (C=O) groups excluding carboxylic acids is 1. The highest BCUT2D eigenvalue weighted by molar-refractivity contribution is 7.99. The Hall–Kier alpha value is -2.58. The summed E-state index contributed by atoms with van der Waals surface area (Å²) in [7, 11) is 0. The first-order valence-electron chi connectivity index (χ1n) is 8.54. The van der Waals surface area contributed by atoms with Gasteiger partial charge in [-0.3, -0.25) is 4.79 Å². The third kappa shape index (κ3) is 3.91. The van der Waals surface area contributed by atoms with Crippen molar-refractivity contribution in [1.29, 1.82) is 0 Å². The van der Waals surface area contributed by atoms with Crippen molar-refractivity contribution in [2.24, 2.45) is 0 Å². The van der Waals surface area contributed by atoms with Crippen LogP contribution >= 0.6 is 23.1 Å². The second-order valence-electron chi connectivity index (χ2n) is 5.93. The largest absolute Gasteiger partial charge is 0.494 e. The van der Waals surface area contributed by atoms with Crippen molar-refractivity contribution in [3.63, 3.8) is 0 Å². The first kappa shape index (κ1) is 17.8. The molecule has 4 aromatic rings. The number of nitrogens with zero attached hydrogens (tertiary/aromatic N) is 2. The van der Waals surface area contributed by atoms with Gasteiger partial charge in [0.15, 0.2) is 10.3 Å².